The highest BCUT2D eigenvalue weighted by atomic mass is 79.9. The van der Waals surface area contributed by atoms with Gasteiger partial charge in [-0.05, 0) is 25.8 Å². The van der Waals surface area contributed by atoms with Crippen LogP contribution in [0.3, 0.4) is 0 Å². The minimum absolute atomic E-state index is 0.0819. The molecule has 1 fully saturated rings. The van der Waals surface area contributed by atoms with E-state index in [0.29, 0.717) is 12.0 Å². The maximum atomic E-state index is 12.6. The lowest BCUT2D eigenvalue weighted by Gasteiger charge is -2.21. The summed E-state index contributed by atoms with van der Waals surface area (Å²) in [6.45, 7) is 1.58. The molecule has 0 radical (unpaired) electrons. The highest BCUT2D eigenvalue weighted by Crippen LogP contribution is 2.33. The van der Waals surface area contributed by atoms with Gasteiger partial charge < -0.3 is 5.11 Å². The van der Waals surface area contributed by atoms with Gasteiger partial charge in [-0.2, -0.15) is 4.31 Å². The summed E-state index contributed by atoms with van der Waals surface area (Å²) in [5.74, 6) is -1.22. The molecule has 22 heavy (non-hydrogen) atoms. The van der Waals surface area contributed by atoms with E-state index in [-0.39, 0.29) is 28.0 Å². The van der Waals surface area contributed by atoms with Gasteiger partial charge in [0.2, 0.25) is 10.0 Å². The summed E-state index contributed by atoms with van der Waals surface area (Å²) in [5.41, 5.74) is -0.0285. The van der Waals surface area contributed by atoms with Gasteiger partial charge in [0, 0.05) is 22.6 Å². The third-order valence-electron chi connectivity index (χ3n) is 3.58. The van der Waals surface area contributed by atoms with Gasteiger partial charge in [0.25, 0.3) is 5.69 Å². The van der Waals surface area contributed by atoms with E-state index in [2.05, 4.69) is 15.9 Å². The zero-order chi connectivity index (χ0) is 16.7. The number of carboxylic acids is 1. The number of sulfonamides is 1. The van der Waals surface area contributed by atoms with Gasteiger partial charge in [-0.1, -0.05) is 15.9 Å². The molecule has 2 rings (SSSR count). The Labute approximate surface area is 135 Å². The van der Waals surface area contributed by atoms with Crippen LogP contribution in [0.4, 0.5) is 5.69 Å². The standard InChI is InChI=1S/C12H13BrN2O6S/c1-7-9(13)5-8(6-11(7)15(18)19)22(20,21)14-4-2-3-10(14)12(16)17/h5-6,10H,2-4H2,1H3,(H,16,17)/t10-/m1/s1. The molecule has 1 N–H and O–H groups in total. The van der Waals surface area contributed by atoms with Crippen LogP contribution in [0.25, 0.3) is 0 Å². The Morgan fingerprint density at radius 1 is 1.50 bits per heavy atom. The van der Waals surface area contributed by atoms with Crippen molar-refractivity contribution in [1.82, 2.24) is 4.31 Å². The third-order valence-corrected chi connectivity index (χ3v) is 6.29. The van der Waals surface area contributed by atoms with Crippen LogP contribution in [-0.2, 0) is 14.8 Å². The Kier molecular flexibility index (Phi) is 4.54. The molecule has 1 atom stereocenters. The van der Waals surface area contributed by atoms with Crippen molar-refractivity contribution in [2.45, 2.75) is 30.7 Å². The fourth-order valence-electron chi connectivity index (χ4n) is 2.39. The Morgan fingerprint density at radius 3 is 2.68 bits per heavy atom. The molecule has 1 aromatic rings. The number of nitro benzene ring substituents is 1. The minimum Gasteiger partial charge on any atom is -0.480 e. The van der Waals surface area contributed by atoms with Crippen LogP contribution in [-0.4, -0.2) is 41.3 Å². The number of carbonyl (C=O) groups is 1. The molecular weight excluding hydrogens is 380 g/mol. The largest absolute Gasteiger partial charge is 0.480 e. The number of halogens is 1. The van der Waals surface area contributed by atoms with Crippen molar-refractivity contribution < 1.29 is 23.2 Å². The van der Waals surface area contributed by atoms with E-state index in [9.17, 15) is 23.3 Å². The maximum Gasteiger partial charge on any atom is 0.322 e. The molecule has 1 saturated heterocycles. The number of nitrogens with zero attached hydrogens (tertiary/aromatic N) is 2. The van der Waals surface area contributed by atoms with Crippen LogP contribution >= 0.6 is 15.9 Å². The summed E-state index contributed by atoms with van der Waals surface area (Å²) in [6.07, 6.45) is 0.662. The summed E-state index contributed by atoms with van der Waals surface area (Å²) in [6, 6.07) is 1.09. The molecule has 120 valence electrons. The molecule has 0 saturated carbocycles. The highest BCUT2D eigenvalue weighted by molar-refractivity contribution is 9.10. The van der Waals surface area contributed by atoms with Crippen molar-refractivity contribution >= 4 is 37.6 Å². The summed E-state index contributed by atoms with van der Waals surface area (Å²) in [4.78, 5) is 21.2. The van der Waals surface area contributed by atoms with Crippen molar-refractivity contribution in [3.05, 3.63) is 32.3 Å². The first kappa shape index (κ1) is 16.8. The van der Waals surface area contributed by atoms with Crippen LogP contribution < -0.4 is 0 Å². The van der Waals surface area contributed by atoms with Crippen LogP contribution in [0.15, 0.2) is 21.5 Å². The molecule has 1 aliphatic heterocycles. The second-order valence-corrected chi connectivity index (χ2v) is 7.66. The smallest absolute Gasteiger partial charge is 0.322 e. The first-order valence-corrected chi connectivity index (χ1v) is 8.58. The fraction of sp³-hybridized carbons (Fsp3) is 0.417. The average molecular weight is 393 g/mol. The Hall–Kier alpha value is -1.52. The Morgan fingerprint density at radius 2 is 2.14 bits per heavy atom. The molecular formula is C12H13BrN2O6S. The average Bonchev–Trinajstić information content (AvgIpc) is 2.91. The molecule has 8 nitrogen and oxygen atoms in total. The molecule has 1 heterocycles. The molecule has 10 heteroatoms. The zero-order valence-corrected chi connectivity index (χ0v) is 13.9. The van der Waals surface area contributed by atoms with E-state index < -0.39 is 27.0 Å². The second kappa shape index (κ2) is 5.94. The SMILES string of the molecule is Cc1c(Br)cc(S(=O)(=O)N2CCC[C@@H]2C(=O)O)cc1[N+](=O)[O-]. The zero-order valence-electron chi connectivity index (χ0n) is 11.5. The van der Waals surface area contributed by atoms with Crippen molar-refractivity contribution in [3.63, 3.8) is 0 Å². The van der Waals surface area contributed by atoms with Crippen molar-refractivity contribution in [1.29, 1.82) is 0 Å². The molecule has 0 bridgehead atoms. The Bertz CT molecular complexity index is 748. The van der Waals surface area contributed by atoms with Crippen molar-refractivity contribution in [3.8, 4) is 0 Å². The molecule has 0 amide bonds. The van der Waals surface area contributed by atoms with Gasteiger partial charge in [0.1, 0.15) is 6.04 Å². The first-order chi connectivity index (χ1) is 10.2. The van der Waals surface area contributed by atoms with Crippen molar-refractivity contribution in [2.24, 2.45) is 0 Å². The predicted molar refractivity (Wildman–Crippen MR) is 80.1 cm³/mol. The van der Waals surface area contributed by atoms with Crippen LogP contribution in [0, 0.1) is 17.0 Å². The first-order valence-electron chi connectivity index (χ1n) is 6.35. The van der Waals surface area contributed by atoms with Gasteiger partial charge >= 0.3 is 5.97 Å². The molecule has 1 aliphatic rings. The lowest BCUT2D eigenvalue weighted by molar-refractivity contribution is -0.385. The summed E-state index contributed by atoms with van der Waals surface area (Å²) in [5, 5.41) is 20.1. The van der Waals surface area contributed by atoms with Gasteiger partial charge in [-0.15, -0.1) is 0 Å². The molecule has 1 aromatic carbocycles. The second-order valence-electron chi connectivity index (χ2n) is 4.92. The topological polar surface area (TPSA) is 118 Å². The number of aliphatic carboxylic acids is 1. The number of nitro groups is 1. The number of hydrogen-bond donors (Lipinski definition) is 1. The normalized spacial score (nSPS) is 19.3. The summed E-state index contributed by atoms with van der Waals surface area (Å²) in [7, 11) is -4.11. The van der Waals surface area contributed by atoms with Gasteiger partial charge in [0.15, 0.2) is 0 Å². The fourth-order valence-corrected chi connectivity index (χ4v) is 4.69. The summed E-state index contributed by atoms with van der Waals surface area (Å²) >= 11 is 3.11. The number of carboxylic acid groups (broad SMARTS) is 1. The monoisotopic (exact) mass is 392 g/mol. The van der Waals surface area contributed by atoms with Gasteiger partial charge in [-0.3, -0.25) is 14.9 Å². The van der Waals surface area contributed by atoms with E-state index >= 15 is 0 Å². The number of benzene rings is 1. The van der Waals surface area contributed by atoms with E-state index in [4.69, 9.17) is 5.11 Å². The van der Waals surface area contributed by atoms with Crippen molar-refractivity contribution in [2.75, 3.05) is 6.54 Å². The van der Waals surface area contributed by atoms with E-state index in [1.54, 1.807) is 0 Å². The molecule has 0 aliphatic carbocycles. The van der Waals surface area contributed by atoms with Gasteiger partial charge in [-0.25, -0.2) is 8.42 Å². The van der Waals surface area contributed by atoms with Crippen LogP contribution in [0.1, 0.15) is 18.4 Å². The third kappa shape index (κ3) is 2.85. The lowest BCUT2D eigenvalue weighted by atomic mass is 10.2. The Balaban J connectivity index is 2.55. The van der Waals surface area contributed by atoms with E-state index in [1.165, 1.54) is 13.0 Å². The number of rotatable bonds is 4. The lowest BCUT2D eigenvalue weighted by Crippen LogP contribution is -2.40. The highest BCUT2D eigenvalue weighted by Gasteiger charge is 2.40. The van der Waals surface area contributed by atoms with Crippen LogP contribution in [0.5, 0.6) is 0 Å². The maximum absolute atomic E-state index is 12.6. The van der Waals surface area contributed by atoms with E-state index in [1.807, 2.05) is 0 Å². The quantitative estimate of drug-likeness (QED) is 0.617. The summed E-state index contributed by atoms with van der Waals surface area (Å²) < 4.78 is 26.4. The van der Waals surface area contributed by atoms with E-state index in [0.717, 1.165) is 10.4 Å². The number of hydrogen-bond acceptors (Lipinski definition) is 5. The molecule has 0 spiro atoms. The molecule has 0 aromatic heterocycles. The van der Waals surface area contributed by atoms with Crippen LogP contribution in [0.2, 0.25) is 0 Å². The van der Waals surface area contributed by atoms with Gasteiger partial charge in [0.05, 0.1) is 9.82 Å². The molecule has 0 unspecified atom stereocenters. The predicted octanol–water partition coefficient (Wildman–Crippen LogP) is 1.90. The minimum atomic E-state index is -4.11.